The van der Waals surface area contributed by atoms with Crippen LogP contribution in [0.2, 0.25) is 0 Å². The molecule has 0 saturated heterocycles. The van der Waals surface area contributed by atoms with Gasteiger partial charge in [-0.2, -0.15) is 0 Å². The minimum atomic E-state index is -0.941. The molecule has 3 N–H and O–H groups in total. The molecule has 0 fully saturated rings. The molecule has 0 aliphatic heterocycles. The highest BCUT2D eigenvalue weighted by atomic mass is 16.5. The molecule has 1 heterocycles. The van der Waals surface area contributed by atoms with Crippen LogP contribution < -0.4 is 16.0 Å². The molecule has 8 nitrogen and oxygen atoms in total. The number of carbonyl (C=O) groups is 3. The van der Waals surface area contributed by atoms with E-state index in [1.807, 2.05) is 13.8 Å². The highest BCUT2D eigenvalue weighted by Gasteiger charge is 2.19. The molecule has 150 valence electrons. The second kappa shape index (κ2) is 10.1. The van der Waals surface area contributed by atoms with Gasteiger partial charge in [-0.3, -0.25) is 4.79 Å². The van der Waals surface area contributed by atoms with Crippen LogP contribution in [0.15, 0.2) is 47.1 Å². The zero-order chi connectivity index (χ0) is 20.5. The molecule has 0 aliphatic rings. The molecule has 0 radical (unpaired) electrons. The number of ether oxygens (including phenoxy) is 1. The Hall–Kier alpha value is -3.29. The topological polar surface area (TPSA) is 110 Å². The average molecular weight is 387 g/mol. The van der Waals surface area contributed by atoms with Gasteiger partial charge in [0.05, 0.1) is 18.4 Å². The predicted octanol–water partition coefficient (Wildman–Crippen LogP) is 2.35. The number of furan rings is 1. The molecule has 0 saturated carbocycles. The number of hydrogen-bond acceptors (Lipinski definition) is 5. The third-order valence-electron chi connectivity index (χ3n) is 3.73. The van der Waals surface area contributed by atoms with Crippen LogP contribution in [0.1, 0.15) is 42.5 Å². The first-order chi connectivity index (χ1) is 13.3. The molecule has 0 unspecified atom stereocenters. The van der Waals surface area contributed by atoms with Crippen molar-refractivity contribution in [2.75, 3.05) is 0 Å². The van der Waals surface area contributed by atoms with Gasteiger partial charge in [0.1, 0.15) is 5.76 Å². The van der Waals surface area contributed by atoms with Crippen molar-refractivity contribution in [1.29, 1.82) is 0 Å². The molecular weight excluding hydrogens is 362 g/mol. The van der Waals surface area contributed by atoms with Crippen LogP contribution in [0.3, 0.4) is 0 Å². The van der Waals surface area contributed by atoms with Gasteiger partial charge >= 0.3 is 12.0 Å². The maximum atomic E-state index is 12.2. The van der Waals surface area contributed by atoms with Crippen molar-refractivity contribution in [1.82, 2.24) is 16.0 Å². The van der Waals surface area contributed by atoms with Crippen molar-refractivity contribution in [2.45, 2.75) is 46.0 Å². The Morgan fingerprint density at radius 1 is 1.00 bits per heavy atom. The van der Waals surface area contributed by atoms with Crippen LogP contribution in [0.5, 0.6) is 0 Å². The summed E-state index contributed by atoms with van der Waals surface area (Å²) in [5.41, 5.74) is 1.15. The summed E-state index contributed by atoms with van der Waals surface area (Å²) in [6, 6.07) is 9.87. The van der Waals surface area contributed by atoms with Gasteiger partial charge in [-0.15, -0.1) is 0 Å². The van der Waals surface area contributed by atoms with Crippen molar-refractivity contribution in [3.63, 3.8) is 0 Å². The van der Waals surface area contributed by atoms with Gasteiger partial charge in [-0.05, 0) is 50.6 Å². The summed E-state index contributed by atoms with van der Waals surface area (Å²) in [5.74, 6) is -0.405. The van der Waals surface area contributed by atoms with Gasteiger partial charge in [0.25, 0.3) is 5.91 Å². The second-order valence-corrected chi connectivity index (χ2v) is 6.52. The van der Waals surface area contributed by atoms with Gasteiger partial charge in [0.15, 0.2) is 6.10 Å². The minimum Gasteiger partial charge on any atom is -0.467 e. The monoisotopic (exact) mass is 387 g/mol. The molecule has 2 aromatic rings. The third-order valence-corrected chi connectivity index (χ3v) is 3.73. The van der Waals surface area contributed by atoms with Gasteiger partial charge in [0, 0.05) is 12.6 Å². The number of amides is 3. The first-order valence-corrected chi connectivity index (χ1v) is 8.99. The van der Waals surface area contributed by atoms with E-state index in [2.05, 4.69) is 16.0 Å². The largest absolute Gasteiger partial charge is 0.467 e. The van der Waals surface area contributed by atoms with E-state index < -0.39 is 18.0 Å². The predicted molar refractivity (Wildman–Crippen MR) is 102 cm³/mol. The summed E-state index contributed by atoms with van der Waals surface area (Å²) < 4.78 is 10.3. The smallest absolute Gasteiger partial charge is 0.338 e. The van der Waals surface area contributed by atoms with E-state index in [1.165, 1.54) is 13.2 Å². The molecule has 1 aromatic carbocycles. The molecular formula is C20H25N3O5. The Morgan fingerprint density at radius 3 is 2.32 bits per heavy atom. The lowest BCUT2D eigenvalue weighted by Gasteiger charge is -2.13. The normalized spacial score (nSPS) is 11.6. The summed E-state index contributed by atoms with van der Waals surface area (Å²) in [4.78, 5) is 35.8. The fourth-order valence-corrected chi connectivity index (χ4v) is 2.27. The van der Waals surface area contributed by atoms with Gasteiger partial charge < -0.3 is 25.1 Å². The van der Waals surface area contributed by atoms with E-state index in [-0.39, 0.29) is 18.6 Å². The SMILES string of the molecule is CC(C)NC(=O)NCc1ccc(C(=O)O[C@H](C)C(=O)NCc2ccco2)cc1. The van der Waals surface area contributed by atoms with E-state index in [0.29, 0.717) is 17.9 Å². The van der Waals surface area contributed by atoms with E-state index in [9.17, 15) is 14.4 Å². The lowest BCUT2D eigenvalue weighted by Crippen LogP contribution is -2.39. The van der Waals surface area contributed by atoms with Crippen LogP contribution in [-0.4, -0.2) is 30.1 Å². The van der Waals surface area contributed by atoms with Crippen LogP contribution >= 0.6 is 0 Å². The Morgan fingerprint density at radius 2 is 1.71 bits per heavy atom. The molecule has 8 heteroatoms. The third kappa shape index (κ3) is 6.79. The van der Waals surface area contributed by atoms with Crippen LogP contribution in [-0.2, 0) is 22.6 Å². The maximum absolute atomic E-state index is 12.2. The van der Waals surface area contributed by atoms with Gasteiger partial charge in [-0.25, -0.2) is 9.59 Å². The van der Waals surface area contributed by atoms with E-state index >= 15 is 0 Å². The maximum Gasteiger partial charge on any atom is 0.338 e. The lowest BCUT2D eigenvalue weighted by atomic mass is 10.1. The van der Waals surface area contributed by atoms with Crippen molar-refractivity contribution in [3.8, 4) is 0 Å². The van der Waals surface area contributed by atoms with Crippen LogP contribution in [0.25, 0.3) is 0 Å². The summed E-state index contributed by atoms with van der Waals surface area (Å²) in [7, 11) is 0. The first kappa shape index (κ1) is 21.0. The number of benzene rings is 1. The second-order valence-electron chi connectivity index (χ2n) is 6.52. The summed E-state index contributed by atoms with van der Waals surface area (Å²) in [6.07, 6.45) is 0.574. The lowest BCUT2D eigenvalue weighted by molar-refractivity contribution is -0.129. The summed E-state index contributed by atoms with van der Waals surface area (Å²) in [5, 5.41) is 8.09. The molecule has 0 spiro atoms. The molecule has 0 aliphatic carbocycles. The van der Waals surface area contributed by atoms with Crippen LogP contribution in [0.4, 0.5) is 4.79 Å². The van der Waals surface area contributed by atoms with Crippen molar-refractivity contribution in [3.05, 3.63) is 59.5 Å². The zero-order valence-corrected chi connectivity index (χ0v) is 16.2. The Kier molecular flexibility index (Phi) is 7.62. The molecule has 1 atom stereocenters. The molecule has 0 bridgehead atoms. The van der Waals surface area contributed by atoms with E-state index in [4.69, 9.17) is 9.15 Å². The summed E-state index contributed by atoms with van der Waals surface area (Å²) in [6.45, 7) is 5.80. The number of urea groups is 1. The highest BCUT2D eigenvalue weighted by molar-refractivity contribution is 5.92. The Balaban J connectivity index is 1.79. The van der Waals surface area contributed by atoms with Gasteiger partial charge in [0.2, 0.25) is 0 Å². The quantitative estimate of drug-likeness (QED) is 0.603. The molecule has 2 rings (SSSR count). The standard InChI is InChI=1S/C20H25N3O5/c1-13(2)23-20(26)22-11-15-6-8-16(9-7-15)19(25)28-14(3)18(24)21-12-17-5-4-10-27-17/h4-10,13-14H,11-12H2,1-3H3,(H,21,24)(H2,22,23,26)/t14-/m1/s1. The van der Waals surface area contributed by atoms with Gasteiger partial charge in [-0.1, -0.05) is 12.1 Å². The van der Waals surface area contributed by atoms with E-state index in [1.54, 1.807) is 36.4 Å². The molecule has 28 heavy (non-hydrogen) atoms. The van der Waals surface area contributed by atoms with Crippen molar-refractivity contribution >= 4 is 17.9 Å². The number of rotatable bonds is 8. The number of nitrogens with one attached hydrogen (secondary N) is 3. The number of carbonyl (C=O) groups excluding carboxylic acids is 3. The fourth-order valence-electron chi connectivity index (χ4n) is 2.27. The molecule has 3 amide bonds. The highest BCUT2D eigenvalue weighted by Crippen LogP contribution is 2.08. The number of esters is 1. The minimum absolute atomic E-state index is 0.0513. The van der Waals surface area contributed by atoms with Crippen molar-refractivity contribution in [2.24, 2.45) is 0 Å². The first-order valence-electron chi connectivity index (χ1n) is 8.99. The Bertz CT molecular complexity index is 785. The van der Waals surface area contributed by atoms with Crippen LogP contribution in [0, 0.1) is 0 Å². The number of hydrogen-bond donors (Lipinski definition) is 3. The van der Waals surface area contributed by atoms with Crippen molar-refractivity contribution < 1.29 is 23.5 Å². The fraction of sp³-hybridized carbons (Fsp3) is 0.350. The summed E-state index contributed by atoms with van der Waals surface area (Å²) >= 11 is 0. The van der Waals surface area contributed by atoms with E-state index in [0.717, 1.165) is 5.56 Å². The Labute approximate surface area is 163 Å². The zero-order valence-electron chi connectivity index (χ0n) is 16.2. The molecule has 1 aromatic heterocycles. The average Bonchev–Trinajstić information content (AvgIpc) is 3.17.